The quantitative estimate of drug-likeness (QED) is 0.533. The minimum atomic E-state index is -0.320. The highest BCUT2D eigenvalue weighted by Crippen LogP contribution is 2.24. The van der Waals surface area contributed by atoms with Crippen LogP contribution in [-0.4, -0.2) is 67.0 Å². The number of nitrogens with one attached hydrogen (secondary N) is 1. The van der Waals surface area contributed by atoms with Crippen molar-refractivity contribution in [1.29, 1.82) is 0 Å². The molecule has 34 heavy (non-hydrogen) atoms. The third kappa shape index (κ3) is 6.12. The monoisotopic (exact) mass is 480 g/mol. The van der Waals surface area contributed by atoms with Gasteiger partial charge in [0.2, 0.25) is 5.91 Å². The summed E-state index contributed by atoms with van der Waals surface area (Å²) in [6.45, 7) is 4.01. The smallest absolute Gasteiger partial charge is 0.257 e. The number of rotatable bonds is 8. The van der Waals surface area contributed by atoms with Crippen molar-refractivity contribution >= 4 is 28.3 Å². The van der Waals surface area contributed by atoms with Crippen molar-refractivity contribution in [3.8, 4) is 11.5 Å². The minimum Gasteiger partial charge on any atom is -0.497 e. The highest BCUT2D eigenvalue weighted by molar-refractivity contribution is 7.14. The Kier molecular flexibility index (Phi) is 7.76. The lowest BCUT2D eigenvalue weighted by Gasteiger charge is -2.34. The minimum absolute atomic E-state index is 0.0556. The van der Waals surface area contributed by atoms with E-state index in [1.165, 1.54) is 31.1 Å². The van der Waals surface area contributed by atoms with E-state index in [4.69, 9.17) is 9.47 Å². The zero-order valence-electron chi connectivity index (χ0n) is 19.3. The van der Waals surface area contributed by atoms with Crippen LogP contribution in [0.25, 0.3) is 0 Å². The summed E-state index contributed by atoms with van der Waals surface area (Å²) >= 11 is 1.30. The first-order valence-corrected chi connectivity index (χ1v) is 11.9. The van der Waals surface area contributed by atoms with Crippen LogP contribution in [0.5, 0.6) is 11.5 Å². The van der Waals surface area contributed by atoms with Crippen LogP contribution in [-0.2, 0) is 17.8 Å². The molecule has 2 amide bonds. The van der Waals surface area contributed by atoms with Crippen LogP contribution in [0.4, 0.5) is 5.13 Å². The van der Waals surface area contributed by atoms with Gasteiger partial charge >= 0.3 is 0 Å². The number of aromatic nitrogens is 1. The predicted octanol–water partition coefficient (Wildman–Crippen LogP) is 3.30. The van der Waals surface area contributed by atoms with Gasteiger partial charge in [0.1, 0.15) is 11.5 Å². The number of carbonyl (C=O) groups is 2. The van der Waals surface area contributed by atoms with E-state index in [2.05, 4.69) is 27.3 Å². The number of amides is 2. The normalized spacial score (nSPS) is 14.0. The molecule has 4 rings (SSSR count). The van der Waals surface area contributed by atoms with Crippen LogP contribution in [0, 0.1) is 0 Å². The molecule has 1 aromatic heterocycles. The summed E-state index contributed by atoms with van der Waals surface area (Å²) in [4.78, 5) is 34.1. The Bertz CT molecular complexity index is 1100. The molecule has 2 heterocycles. The zero-order chi connectivity index (χ0) is 23.9. The van der Waals surface area contributed by atoms with Crippen LogP contribution in [0.1, 0.15) is 21.6 Å². The summed E-state index contributed by atoms with van der Waals surface area (Å²) in [5, 5.41) is 5.05. The van der Waals surface area contributed by atoms with Gasteiger partial charge in [-0.1, -0.05) is 30.3 Å². The van der Waals surface area contributed by atoms with Gasteiger partial charge < -0.3 is 14.4 Å². The van der Waals surface area contributed by atoms with Gasteiger partial charge in [-0.2, -0.15) is 0 Å². The Balaban J connectivity index is 1.28. The number of methoxy groups -OCH3 is 2. The number of anilines is 1. The van der Waals surface area contributed by atoms with Crippen molar-refractivity contribution in [2.75, 3.05) is 45.7 Å². The molecule has 0 bridgehead atoms. The van der Waals surface area contributed by atoms with Crippen molar-refractivity contribution < 1.29 is 19.1 Å². The molecule has 178 valence electrons. The Morgan fingerprint density at radius 1 is 1.00 bits per heavy atom. The van der Waals surface area contributed by atoms with Gasteiger partial charge in [0, 0.05) is 49.7 Å². The van der Waals surface area contributed by atoms with E-state index in [-0.39, 0.29) is 18.2 Å². The second kappa shape index (κ2) is 11.1. The van der Waals surface area contributed by atoms with Crippen LogP contribution >= 0.6 is 11.3 Å². The molecule has 2 aromatic carbocycles. The maximum absolute atomic E-state index is 12.8. The lowest BCUT2D eigenvalue weighted by atomic mass is 10.2. The first-order valence-electron chi connectivity index (χ1n) is 11.1. The molecule has 0 unspecified atom stereocenters. The fourth-order valence-electron chi connectivity index (χ4n) is 3.82. The molecule has 1 N–H and O–H groups in total. The molecular formula is C25H28N4O4S. The molecule has 0 radical (unpaired) electrons. The van der Waals surface area contributed by atoms with Crippen molar-refractivity contribution in [3.05, 3.63) is 70.7 Å². The maximum atomic E-state index is 12.8. The lowest BCUT2D eigenvalue weighted by molar-refractivity contribution is -0.132. The molecule has 0 saturated carbocycles. The third-order valence-electron chi connectivity index (χ3n) is 5.69. The van der Waals surface area contributed by atoms with Gasteiger partial charge in [0.15, 0.2) is 5.13 Å². The first kappa shape index (κ1) is 23.7. The van der Waals surface area contributed by atoms with Crippen molar-refractivity contribution in [2.45, 2.75) is 13.0 Å². The van der Waals surface area contributed by atoms with E-state index < -0.39 is 0 Å². The zero-order valence-corrected chi connectivity index (χ0v) is 20.1. The summed E-state index contributed by atoms with van der Waals surface area (Å²) in [5.74, 6) is 0.789. The van der Waals surface area contributed by atoms with Gasteiger partial charge in [0.05, 0.1) is 26.3 Å². The van der Waals surface area contributed by atoms with E-state index in [1.807, 2.05) is 28.5 Å². The predicted molar refractivity (Wildman–Crippen MR) is 132 cm³/mol. The summed E-state index contributed by atoms with van der Waals surface area (Å²) in [6.07, 6.45) is 0.220. The van der Waals surface area contributed by atoms with Crippen LogP contribution in [0.15, 0.2) is 53.9 Å². The average Bonchev–Trinajstić information content (AvgIpc) is 3.31. The molecule has 8 nitrogen and oxygen atoms in total. The number of hydrogen-bond donors (Lipinski definition) is 1. The maximum Gasteiger partial charge on any atom is 0.257 e. The first-order chi connectivity index (χ1) is 16.5. The molecule has 0 aliphatic carbocycles. The van der Waals surface area contributed by atoms with Gasteiger partial charge in [0.25, 0.3) is 5.91 Å². The van der Waals surface area contributed by atoms with E-state index in [9.17, 15) is 9.59 Å². The fourth-order valence-corrected chi connectivity index (χ4v) is 4.52. The Morgan fingerprint density at radius 3 is 2.32 bits per heavy atom. The van der Waals surface area contributed by atoms with Gasteiger partial charge in [-0.3, -0.25) is 19.8 Å². The molecule has 3 aromatic rings. The van der Waals surface area contributed by atoms with E-state index in [1.54, 1.807) is 18.2 Å². The number of ether oxygens (including phenoxy) is 2. The second-order valence-corrected chi connectivity index (χ2v) is 8.88. The molecule has 1 aliphatic rings. The van der Waals surface area contributed by atoms with Crippen LogP contribution < -0.4 is 14.8 Å². The largest absolute Gasteiger partial charge is 0.497 e. The van der Waals surface area contributed by atoms with E-state index >= 15 is 0 Å². The summed E-state index contributed by atoms with van der Waals surface area (Å²) < 4.78 is 10.4. The Hall–Kier alpha value is -3.43. The number of hydrogen-bond acceptors (Lipinski definition) is 7. The molecule has 9 heteroatoms. The average molecular weight is 481 g/mol. The lowest BCUT2D eigenvalue weighted by Crippen LogP contribution is -2.48. The standard InChI is InChI=1S/C25H28N4O4S/c1-32-21-12-19(13-22(15-21)33-2)24(31)27-25-26-20(17-34-25)14-23(30)29-10-8-28(9-11-29)16-18-6-4-3-5-7-18/h3-7,12-13,15,17H,8-11,14,16H2,1-2H3,(H,26,27,31). The molecular weight excluding hydrogens is 452 g/mol. The molecule has 1 aliphatic heterocycles. The number of piperazine rings is 1. The summed E-state index contributed by atoms with van der Waals surface area (Å²) in [7, 11) is 3.06. The van der Waals surface area contributed by atoms with E-state index in [0.717, 1.165) is 19.6 Å². The number of carbonyl (C=O) groups excluding carboxylic acids is 2. The fraction of sp³-hybridized carbons (Fsp3) is 0.320. The molecule has 0 spiro atoms. The van der Waals surface area contributed by atoms with Crippen molar-refractivity contribution in [3.63, 3.8) is 0 Å². The highest BCUT2D eigenvalue weighted by Gasteiger charge is 2.22. The van der Waals surface area contributed by atoms with E-state index in [0.29, 0.717) is 41.0 Å². The SMILES string of the molecule is COc1cc(OC)cc(C(=O)Nc2nc(CC(=O)N3CCN(Cc4ccccc4)CC3)cs2)c1. The Labute approximate surface area is 203 Å². The third-order valence-corrected chi connectivity index (χ3v) is 6.50. The summed E-state index contributed by atoms with van der Waals surface area (Å²) in [5.41, 5.74) is 2.34. The summed E-state index contributed by atoms with van der Waals surface area (Å²) in [6, 6.07) is 15.3. The van der Waals surface area contributed by atoms with Crippen molar-refractivity contribution in [2.24, 2.45) is 0 Å². The second-order valence-electron chi connectivity index (χ2n) is 8.02. The molecule has 0 atom stereocenters. The Morgan fingerprint density at radius 2 is 1.68 bits per heavy atom. The van der Waals surface area contributed by atoms with Gasteiger partial charge in [-0.15, -0.1) is 11.3 Å². The van der Waals surface area contributed by atoms with Crippen molar-refractivity contribution in [1.82, 2.24) is 14.8 Å². The van der Waals surface area contributed by atoms with Crippen LogP contribution in [0.2, 0.25) is 0 Å². The highest BCUT2D eigenvalue weighted by atomic mass is 32.1. The topological polar surface area (TPSA) is 84.0 Å². The number of nitrogens with zero attached hydrogens (tertiary/aromatic N) is 3. The number of thiazole rings is 1. The number of benzene rings is 2. The van der Waals surface area contributed by atoms with Gasteiger partial charge in [-0.25, -0.2) is 4.98 Å². The van der Waals surface area contributed by atoms with Crippen LogP contribution in [0.3, 0.4) is 0 Å². The molecule has 1 fully saturated rings. The van der Waals surface area contributed by atoms with Gasteiger partial charge in [-0.05, 0) is 17.7 Å². The molecule has 1 saturated heterocycles.